The van der Waals surface area contributed by atoms with E-state index in [1.165, 1.54) is 29.9 Å². The summed E-state index contributed by atoms with van der Waals surface area (Å²) >= 11 is 1.37. The smallest absolute Gasteiger partial charge is 0.264 e. The fourth-order valence-electron chi connectivity index (χ4n) is 2.80. The van der Waals surface area contributed by atoms with E-state index in [1.807, 2.05) is 17.9 Å². The van der Waals surface area contributed by atoms with Crippen LogP contribution in [0.2, 0.25) is 0 Å². The highest BCUT2D eigenvalue weighted by Gasteiger charge is 2.22. The number of rotatable bonds is 4. The van der Waals surface area contributed by atoms with Crippen LogP contribution in [-0.4, -0.2) is 36.5 Å². The molecule has 5 heteroatoms. The molecular weight excluding hydrogens is 287 g/mol. The Morgan fingerprint density at radius 2 is 2.33 bits per heavy atom. The molecule has 1 amide bonds. The summed E-state index contributed by atoms with van der Waals surface area (Å²) in [6, 6.07) is 6.93. The van der Waals surface area contributed by atoms with Crippen molar-refractivity contribution in [1.29, 1.82) is 0 Å². The van der Waals surface area contributed by atoms with Crippen molar-refractivity contribution in [3.8, 4) is 0 Å². The van der Waals surface area contributed by atoms with Crippen LogP contribution >= 0.6 is 11.3 Å². The first-order valence-corrected chi connectivity index (χ1v) is 8.21. The summed E-state index contributed by atoms with van der Waals surface area (Å²) in [5, 5.41) is 4.35. The average molecular weight is 306 g/mol. The normalized spacial score (nSPS) is 18.3. The van der Waals surface area contributed by atoms with Crippen LogP contribution in [0.4, 0.5) is 4.39 Å². The van der Waals surface area contributed by atoms with Gasteiger partial charge < -0.3 is 10.2 Å². The van der Waals surface area contributed by atoms with Crippen molar-refractivity contribution < 1.29 is 9.18 Å². The number of hydrogen-bond acceptors (Lipinski definition) is 3. The van der Waals surface area contributed by atoms with Crippen LogP contribution < -0.4 is 5.32 Å². The fourth-order valence-corrected chi connectivity index (χ4v) is 3.86. The lowest BCUT2D eigenvalue weighted by atomic mass is 10.2. The van der Waals surface area contributed by atoms with Gasteiger partial charge in [0.05, 0.1) is 4.88 Å². The Balaban J connectivity index is 1.80. The van der Waals surface area contributed by atoms with E-state index < -0.39 is 0 Å². The Morgan fingerprint density at radius 1 is 1.48 bits per heavy atom. The van der Waals surface area contributed by atoms with Crippen molar-refractivity contribution >= 4 is 27.3 Å². The maximum absolute atomic E-state index is 13.2. The Morgan fingerprint density at radius 3 is 3.05 bits per heavy atom. The molecule has 1 aliphatic rings. The van der Waals surface area contributed by atoms with Gasteiger partial charge in [-0.05, 0) is 49.9 Å². The molecule has 1 aromatic carbocycles. The summed E-state index contributed by atoms with van der Waals surface area (Å²) < 4.78 is 14.1. The van der Waals surface area contributed by atoms with E-state index in [4.69, 9.17) is 0 Å². The number of nitrogens with zero attached hydrogens (tertiary/aromatic N) is 1. The lowest BCUT2D eigenvalue weighted by molar-refractivity contribution is 0.0756. The first kappa shape index (κ1) is 14.5. The molecule has 1 aromatic heterocycles. The number of fused-ring (bicyclic) bond motifs is 1. The third-order valence-electron chi connectivity index (χ3n) is 3.96. The summed E-state index contributed by atoms with van der Waals surface area (Å²) in [6.45, 7) is 4.48. The largest absolute Gasteiger partial charge is 0.337 e. The average Bonchev–Trinajstić information content (AvgIpc) is 3.12. The lowest BCUT2D eigenvalue weighted by Gasteiger charge is -2.23. The van der Waals surface area contributed by atoms with Crippen molar-refractivity contribution in [2.75, 3.05) is 19.6 Å². The fraction of sp³-hybridized carbons (Fsp3) is 0.438. The number of thiophene rings is 1. The zero-order chi connectivity index (χ0) is 14.8. The molecule has 2 heterocycles. The van der Waals surface area contributed by atoms with Crippen molar-refractivity contribution in [2.45, 2.75) is 25.8 Å². The highest BCUT2D eigenvalue weighted by Crippen LogP contribution is 2.27. The topological polar surface area (TPSA) is 32.3 Å². The van der Waals surface area contributed by atoms with E-state index in [-0.39, 0.29) is 11.7 Å². The van der Waals surface area contributed by atoms with Crippen molar-refractivity contribution in [3.63, 3.8) is 0 Å². The number of halogens is 1. The van der Waals surface area contributed by atoms with E-state index >= 15 is 0 Å². The van der Waals surface area contributed by atoms with Crippen LogP contribution in [0.1, 0.15) is 29.4 Å². The summed E-state index contributed by atoms with van der Waals surface area (Å²) in [6.07, 6.45) is 2.31. The third kappa shape index (κ3) is 3.09. The first-order valence-electron chi connectivity index (χ1n) is 7.39. The number of amides is 1. The SMILES string of the molecule is CCN(CC1CCCN1)C(=O)c1cc2ccc(F)cc2s1. The molecule has 1 saturated heterocycles. The van der Waals surface area contributed by atoms with Gasteiger partial charge in [0.2, 0.25) is 0 Å². The van der Waals surface area contributed by atoms with E-state index in [9.17, 15) is 9.18 Å². The van der Waals surface area contributed by atoms with Gasteiger partial charge in [-0.2, -0.15) is 0 Å². The molecule has 0 radical (unpaired) electrons. The minimum Gasteiger partial charge on any atom is -0.337 e. The summed E-state index contributed by atoms with van der Waals surface area (Å²) in [5.41, 5.74) is 0. The molecule has 0 aliphatic carbocycles. The molecule has 112 valence electrons. The predicted molar refractivity (Wildman–Crippen MR) is 84.4 cm³/mol. The molecule has 2 aromatic rings. The van der Waals surface area contributed by atoms with E-state index in [1.54, 1.807) is 6.07 Å². The Kier molecular flexibility index (Phi) is 4.22. The van der Waals surface area contributed by atoms with Gasteiger partial charge in [0.15, 0.2) is 0 Å². The standard InChI is InChI=1S/C16H19FN2OS/c1-2-19(10-13-4-3-7-18-13)16(20)15-8-11-5-6-12(17)9-14(11)21-15/h5-6,8-9,13,18H,2-4,7,10H2,1H3. The second kappa shape index (κ2) is 6.12. The molecule has 3 nitrogen and oxygen atoms in total. The first-order chi connectivity index (χ1) is 10.2. The van der Waals surface area contributed by atoms with Gasteiger partial charge in [-0.3, -0.25) is 4.79 Å². The second-order valence-electron chi connectivity index (χ2n) is 5.43. The van der Waals surface area contributed by atoms with E-state index in [0.29, 0.717) is 17.5 Å². The molecule has 3 rings (SSSR count). The number of likely N-dealkylation sites (N-methyl/N-ethyl adjacent to an activating group) is 1. The van der Waals surface area contributed by atoms with Crippen LogP contribution in [0, 0.1) is 5.82 Å². The van der Waals surface area contributed by atoms with Crippen LogP contribution in [0.5, 0.6) is 0 Å². The van der Waals surface area contributed by atoms with Gasteiger partial charge in [-0.15, -0.1) is 11.3 Å². The van der Waals surface area contributed by atoms with Crippen LogP contribution in [0.15, 0.2) is 24.3 Å². The van der Waals surface area contributed by atoms with Crippen molar-refractivity contribution in [1.82, 2.24) is 10.2 Å². The number of carbonyl (C=O) groups excluding carboxylic acids is 1. The third-order valence-corrected chi connectivity index (χ3v) is 5.05. The van der Waals surface area contributed by atoms with Gasteiger partial charge in [-0.25, -0.2) is 4.39 Å². The Hall–Kier alpha value is -1.46. The van der Waals surface area contributed by atoms with Crippen LogP contribution in [-0.2, 0) is 0 Å². The molecule has 0 spiro atoms. The molecule has 1 N–H and O–H groups in total. The number of benzene rings is 1. The van der Waals surface area contributed by atoms with Gasteiger partial charge in [0.1, 0.15) is 5.82 Å². The van der Waals surface area contributed by atoms with E-state index in [2.05, 4.69) is 5.32 Å². The zero-order valence-electron chi connectivity index (χ0n) is 12.1. The molecule has 1 fully saturated rings. The zero-order valence-corrected chi connectivity index (χ0v) is 12.9. The van der Waals surface area contributed by atoms with Gasteiger partial charge in [0.25, 0.3) is 5.91 Å². The highest BCUT2D eigenvalue weighted by atomic mass is 32.1. The van der Waals surface area contributed by atoms with Crippen molar-refractivity contribution in [3.05, 3.63) is 35.0 Å². The maximum atomic E-state index is 13.2. The highest BCUT2D eigenvalue weighted by molar-refractivity contribution is 7.20. The number of nitrogens with one attached hydrogen (secondary N) is 1. The maximum Gasteiger partial charge on any atom is 0.264 e. The lowest BCUT2D eigenvalue weighted by Crippen LogP contribution is -2.40. The van der Waals surface area contributed by atoms with Crippen LogP contribution in [0.25, 0.3) is 10.1 Å². The molecular formula is C16H19FN2OS. The quantitative estimate of drug-likeness (QED) is 0.940. The summed E-state index contributed by atoms with van der Waals surface area (Å²) in [7, 11) is 0. The molecule has 21 heavy (non-hydrogen) atoms. The minimum atomic E-state index is -0.258. The number of hydrogen-bond donors (Lipinski definition) is 1. The summed E-state index contributed by atoms with van der Waals surface area (Å²) in [4.78, 5) is 15.2. The molecule has 1 aliphatic heterocycles. The predicted octanol–water partition coefficient (Wildman–Crippen LogP) is 3.25. The molecule has 0 bridgehead atoms. The second-order valence-corrected chi connectivity index (χ2v) is 6.51. The summed E-state index contributed by atoms with van der Waals surface area (Å²) in [5.74, 6) is -0.210. The molecule has 1 atom stereocenters. The molecule has 0 saturated carbocycles. The monoisotopic (exact) mass is 306 g/mol. The Bertz CT molecular complexity index is 649. The minimum absolute atomic E-state index is 0.0489. The van der Waals surface area contributed by atoms with Crippen molar-refractivity contribution in [2.24, 2.45) is 0 Å². The Labute approximate surface area is 127 Å². The molecule has 1 unspecified atom stereocenters. The van der Waals surface area contributed by atoms with E-state index in [0.717, 1.165) is 29.6 Å². The van der Waals surface area contributed by atoms with Gasteiger partial charge >= 0.3 is 0 Å². The van der Waals surface area contributed by atoms with Crippen LogP contribution in [0.3, 0.4) is 0 Å². The number of carbonyl (C=O) groups is 1. The van der Waals surface area contributed by atoms with Gasteiger partial charge in [-0.1, -0.05) is 6.07 Å². The van der Waals surface area contributed by atoms with Gasteiger partial charge in [0, 0.05) is 23.8 Å².